The van der Waals surface area contributed by atoms with Crippen LogP contribution in [-0.2, 0) is 17.6 Å². The summed E-state index contributed by atoms with van der Waals surface area (Å²) < 4.78 is 13.6. The van der Waals surface area contributed by atoms with Crippen molar-refractivity contribution in [3.63, 3.8) is 0 Å². The van der Waals surface area contributed by atoms with Crippen molar-refractivity contribution in [1.82, 2.24) is 0 Å². The molecule has 0 heterocycles. The molecule has 2 aromatic rings. The second kappa shape index (κ2) is 8.37. The van der Waals surface area contributed by atoms with E-state index in [1.807, 2.05) is 26.0 Å². The third kappa shape index (κ3) is 4.49. The van der Waals surface area contributed by atoms with Crippen LogP contribution in [0.25, 0.3) is 0 Å². The molecule has 2 rings (SSSR count). The molecule has 23 heavy (non-hydrogen) atoms. The fourth-order valence-corrected chi connectivity index (χ4v) is 3.38. The standard InChI is InChI=1S/C18H19ClFNOS/c1-3-12-9-10-14(19)13(4-2)18(12)21-17(22)11-23-16-8-6-5-7-15(16)20/h5-10H,3-4,11H2,1-2H3,(H,21,22). The van der Waals surface area contributed by atoms with Crippen LogP contribution in [-0.4, -0.2) is 11.7 Å². The van der Waals surface area contributed by atoms with Gasteiger partial charge in [0.05, 0.1) is 5.75 Å². The van der Waals surface area contributed by atoms with Crippen LogP contribution in [0.1, 0.15) is 25.0 Å². The molecular formula is C18H19ClFNOS. The highest BCUT2D eigenvalue weighted by Crippen LogP contribution is 2.30. The lowest BCUT2D eigenvalue weighted by molar-refractivity contribution is -0.113. The summed E-state index contributed by atoms with van der Waals surface area (Å²) in [6, 6.07) is 10.2. The van der Waals surface area contributed by atoms with Gasteiger partial charge in [-0.15, -0.1) is 11.8 Å². The number of benzene rings is 2. The monoisotopic (exact) mass is 351 g/mol. The number of rotatable bonds is 6. The Morgan fingerprint density at radius 3 is 2.57 bits per heavy atom. The lowest BCUT2D eigenvalue weighted by Gasteiger charge is -2.16. The molecule has 0 unspecified atom stereocenters. The molecule has 0 aromatic heterocycles. The average Bonchev–Trinajstić information content (AvgIpc) is 2.54. The Morgan fingerprint density at radius 1 is 1.17 bits per heavy atom. The first-order valence-electron chi connectivity index (χ1n) is 7.54. The molecule has 0 fully saturated rings. The Morgan fingerprint density at radius 2 is 1.91 bits per heavy atom. The largest absolute Gasteiger partial charge is 0.325 e. The number of thioether (sulfide) groups is 1. The van der Waals surface area contributed by atoms with E-state index < -0.39 is 0 Å². The zero-order chi connectivity index (χ0) is 16.8. The van der Waals surface area contributed by atoms with Crippen molar-refractivity contribution in [1.29, 1.82) is 0 Å². The third-order valence-electron chi connectivity index (χ3n) is 3.54. The second-order valence-corrected chi connectivity index (χ2v) is 6.46. The summed E-state index contributed by atoms with van der Waals surface area (Å²) in [4.78, 5) is 12.7. The zero-order valence-electron chi connectivity index (χ0n) is 13.2. The van der Waals surface area contributed by atoms with Gasteiger partial charge in [0.15, 0.2) is 0 Å². The van der Waals surface area contributed by atoms with Gasteiger partial charge in [-0.25, -0.2) is 4.39 Å². The lowest BCUT2D eigenvalue weighted by Crippen LogP contribution is -2.17. The molecule has 122 valence electrons. The maximum Gasteiger partial charge on any atom is 0.234 e. The number of anilines is 1. The normalized spacial score (nSPS) is 10.6. The van der Waals surface area contributed by atoms with Crippen LogP contribution in [0.2, 0.25) is 5.02 Å². The first-order valence-corrected chi connectivity index (χ1v) is 8.90. The van der Waals surface area contributed by atoms with E-state index in [1.54, 1.807) is 18.2 Å². The molecule has 0 saturated heterocycles. The highest BCUT2D eigenvalue weighted by molar-refractivity contribution is 8.00. The van der Waals surface area contributed by atoms with Crippen molar-refractivity contribution in [3.05, 3.63) is 58.4 Å². The number of aryl methyl sites for hydroxylation is 1. The van der Waals surface area contributed by atoms with Gasteiger partial charge in [0.2, 0.25) is 5.91 Å². The summed E-state index contributed by atoms with van der Waals surface area (Å²) in [5.74, 6) is -0.318. The Labute approximate surface area is 145 Å². The molecule has 0 aliphatic rings. The molecule has 2 aromatic carbocycles. The number of hydrogen-bond acceptors (Lipinski definition) is 2. The Hall–Kier alpha value is -1.52. The third-order valence-corrected chi connectivity index (χ3v) is 4.94. The van der Waals surface area contributed by atoms with Gasteiger partial charge in [-0.2, -0.15) is 0 Å². The minimum atomic E-state index is -0.309. The van der Waals surface area contributed by atoms with Gasteiger partial charge in [-0.1, -0.05) is 43.6 Å². The molecular weight excluding hydrogens is 333 g/mol. The Bertz CT molecular complexity index is 705. The van der Waals surface area contributed by atoms with Crippen molar-refractivity contribution in [2.45, 2.75) is 31.6 Å². The topological polar surface area (TPSA) is 29.1 Å². The fourth-order valence-electron chi connectivity index (χ4n) is 2.35. The van der Waals surface area contributed by atoms with E-state index in [9.17, 15) is 9.18 Å². The average molecular weight is 352 g/mol. The summed E-state index contributed by atoms with van der Waals surface area (Å²) in [6.45, 7) is 4.04. The highest BCUT2D eigenvalue weighted by Gasteiger charge is 2.14. The Balaban J connectivity index is 2.11. The van der Waals surface area contributed by atoms with E-state index in [-0.39, 0.29) is 17.5 Å². The van der Waals surface area contributed by atoms with Gasteiger partial charge < -0.3 is 5.32 Å². The van der Waals surface area contributed by atoms with E-state index in [0.29, 0.717) is 9.92 Å². The van der Waals surface area contributed by atoms with Crippen LogP contribution in [0.3, 0.4) is 0 Å². The molecule has 0 atom stereocenters. The van der Waals surface area contributed by atoms with Crippen LogP contribution >= 0.6 is 23.4 Å². The molecule has 5 heteroatoms. The summed E-state index contributed by atoms with van der Waals surface area (Å²) in [5, 5.41) is 3.60. The van der Waals surface area contributed by atoms with Crippen LogP contribution in [0.4, 0.5) is 10.1 Å². The van der Waals surface area contributed by atoms with Crippen molar-refractivity contribution in [2.24, 2.45) is 0 Å². The van der Waals surface area contributed by atoms with Crippen molar-refractivity contribution in [3.8, 4) is 0 Å². The maximum absolute atomic E-state index is 13.6. The molecule has 0 radical (unpaired) electrons. The number of carbonyl (C=O) groups excluding carboxylic acids is 1. The summed E-state index contributed by atoms with van der Waals surface area (Å²) in [6.07, 6.45) is 1.54. The predicted molar refractivity (Wildman–Crippen MR) is 96.0 cm³/mol. The smallest absolute Gasteiger partial charge is 0.234 e. The van der Waals surface area contributed by atoms with Gasteiger partial charge in [0, 0.05) is 15.6 Å². The van der Waals surface area contributed by atoms with Gasteiger partial charge in [0.1, 0.15) is 5.82 Å². The van der Waals surface area contributed by atoms with Crippen LogP contribution in [0, 0.1) is 5.82 Å². The molecule has 2 nitrogen and oxygen atoms in total. The lowest BCUT2D eigenvalue weighted by atomic mass is 10.0. The molecule has 0 bridgehead atoms. The second-order valence-electron chi connectivity index (χ2n) is 5.03. The number of halogens is 2. The van der Waals surface area contributed by atoms with Crippen molar-refractivity contribution < 1.29 is 9.18 Å². The van der Waals surface area contributed by atoms with E-state index in [2.05, 4.69) is 5.32 Å². The number of amides is 1. The van der Waals surface area contributed by atoms with E-state index in [1.165, 1.54) is 17.8 Å². The molecule has 1 amide bonds. The maximum atomic E-state index is 13.6. The molecule has 1 N–H and O–H groups in total. The molecule has 0 aliphatic heterocycles. The molecule has 0 aliphatic carbocycles. The quantitative estimate of drug-likeness (QED) is 0.712. The van der Waals surface area contributed by atoms with Crippen molar-refractivity contribution in [2.75, 3.05) is 11.1 Å². The van der Waals surface area contributed by atoms with E-state index >= 15 is 0 Å². The number of carbonyl (C=O) groups is 1. The molecule has 0 saturated carbocycles. The van der Waals surface area contributed by atoms with Gasteiger partial charge in [-0.05, 0) is 42.2 Å². The Kier molecular flexibility index (Phi) is 6.48. The van der Waals surface area contributed by atoms with Crippen LogP contribution in [0.15, 0.2) is 41.3 Å². The minimum Gasteiger partial charge on any atom is -0.325 e. The van der Waals surface area contributed by atoms with Gasteiger partial charge >= 0.3 is 0 Å². The minimum absolute atomic E-state index is 0.153. The van der Waals surface area contributed by atoms with E-state index in [4.69, 9.17) is 11.6 Å². The predicted octanol–water partition coefficient (Wildman–Crippen LogP) is 5.33. The number of hydrogen-bond donors (Lipinski definition) is 1. The zero-order valence-corrected chi connectivity index (χ0v) is 14.7. The first kappa shape index (κ1) is 17.8. The fraction of sp³-hybridized carbons (Fsp3) is 0.278. The van der Waals surface area contributed by atoms with Crippen molar-refractivity contribution >= 4 is 35.0 Å². The summed E-state index contributed by atoms with van der Waals surface area (Å²) in [7, 11) is 0. The summed E-state index contributed by atoms with van der Waals surface area (Å²) in [5.41, 5.74) is 2.78. The van der Waals surface area contributed by atoms with Crippen LogP contribution < -0.4 is 5.32 Å². The number of nitrogens with one attached hydrogen (secondary N) is 1. The SMILES string of the molecule is CCc1ccc(Cl)c(CC)c1NC(=O)CSc1ccccc1F. The van der Waals surface area contributed by atoms with E-state index in [0.717, 1.165) is 29.7 Å². The van der Waals surface area contributed by atoms with Crippen LogP contribution in [0.5, 0.6) is 0 Å². The van der Waals surface area contributed by atoms with Gasteiger partial charge in [0.25, 0.3) is 0 Å². The highest BCUT2D eigenvalue weighted by atomic mass is 35.5. The van der Waals surface area contributed by atoms with Gasteiger partial charge in [-0.3, -0.25) is 4.79 Å². The first-order chi connectivity index (χ1) is 11.1. The molecule has 0 spiro atoms. The summed E-state index contributed by atoms with van der Waals surface area (Å²) >= 11 is 7.42.